The first kappa shape index (κ1) is 15.3. The van der Waals surface area contributed by atoms with E-state index in [-0.39, 0.29) is 17.2 Å². The number of hydrogen-bond acceptors (Lipinski definition) is 1. The second kappa shape index (κ2) is 6.41. The summed E-state index contributed by atoms with van der Waals surface area (Å²) in [5.41, 5.74) is -0.0477. The van der Waals surface area contributed by atoms with Crippen molar-refractivity contribution in [2.75, 3.05) is 13.1 Å². The molecule has 1 rings (SSSR count). The summed E-state index contributed by atoms with van der Waals surface area (Å²) in [6.45, 7) is 4.21. The van der Waals surface area contributed by atoms with E-state index in [1.165, 1.54) is 17.0 Å². The van der Waals surface area contributed by atoms with Crippen LogP contribution in [0.2, 0.25) is 0 Å². The van der Waals surface area contributed by atoms with Crippen LogP contribution in [0.5, 0.6) is 0 Å². The molecule has 104 valence electrons. The highest BCUT2D eigenvalue weighted by Crippen LogP contribution is 2.25. The van der Waals surface area contributed by atoms with Crippen molar-refractivity contribution in [3.63, 3.8) is 0 Å². The summed E-state index contributed by atoms with van der Waals surface area (Å²) in [6.07, 6.45) is -4.45. The van der Waals surface area contributed by atoms with Crippen LogP contribution in [0.4, 0.5) is 13.2 Å². The van der Waals surface area contributed by atoms with Crippen LogP contribution in [0.3, 0.4) is 0 Å². The van der Waals surface area contributed by atoms with E-state index in [2.05, 4.69) is 0 Å². The molecule has 0 saturated heterocycles. The summed E-state index contributed by atoms with van der Waals surface area (Å²) in [5, 5.41) is 0. The number of alkyl halides is 3. The van der Waals surface area contributed by atoms with Gasteiger partial charge < -0.3 is 4.90 Å². The second-order valence-corrected chi connectivity index (χ2v) is 3.94. The number of halogens is 3. The molecule has 1 aromatic rings. The smallest absolute Gasteiger partial charge is 0.339 e. The average Bonchev–Trinajstić information content (AvgIpc) is 2.37. The molecule has 0 aliphatic heterocycles. The Labute approximate surface area is 110 Å². The molecule has 0 N–H and O–H groups in total. The van der Waals surface area contributed by atoms with Crippen LogP contribution >= 0.6 is 0 Å². The predicted octanol–water partition coefficient (Wildman–Crippen LogP) is 3.50. The average molecular weight is 271 g/mol. The van der Waals surface area contributed by atoms with Gasteiger partial charge in [0, 0.05) is 19.2 Å². The fraction of sp³-hybridized carbons (Fsp3) is 0.357. The fourth-order valence-corrected chi connectivity index (χ4v) is 1.73. The van der Waals surface area contributed by atoms with Crippen molar-refractivity contribution in [2.24, 2.45) is 0 Å². The Morgan fingerprint density at radius 1 is 1.16 bits per heavy atom. The van der Waals surface area contributed by atoms with Gasteiger partial charge in [-0.3, -0.25) is 4.79 Å². The number of carbonyl (C=O) groups excluding carboxylic acids is 1. The van der Waals surface area contributed by atoms with Crippen molar-refractivity contribution >= 4 is 11.5 Å². The Bertz CT molecular complexity index is 448. The van der Waals surface area contributed by atoms with Crippen molar-refractivity contribution in [1.82, 2.24) is 4.90 Å². The first-order chi connectivity index (χ1) is 8.89. The molecule has 0 aliphatic rings. The molecule has 0 aliphatic carbocycles. The molecule has 0 heterocycles. The number of nitrogens with zero attached hydrogens (tertiary/aromatic N) is 1. The van der Waals surface area contributed by atoms with Gasteiger partial charge in [-0.25, -0.2) is 0 Å². The van der Waals surface area contributed by atoms with Gasteiger partial charge in [0.25, 0.3) is 5.91 Å². The van der Waals surface area contributed by atoms with Gasteiger partial charge in [0.15, 0.2) is 0 Å². The van der Waals surface area contributed by atoms with E-state index in [1.807, 2.05) is 0 Å². The SMILES string of the molecule is CCN(CC)C(=O)/C(=C\C(F)(F)F)c1ccccc1. The standard InChI is InChI=1S/C14H16F3NO/c1-3-18(4-2)13(19)12(10-14(15,16)17)11-8-6-5-7-9-11/h5-10H,3-4H2,1-2H3/b12-10-. The Hall–Kier alpha value is -1.78. The van der Waals surface area contributed by atoms with E-state index in [9.17, 15) is 18.0 Å². The van der Waals surface area contributed by atoms with Crippen LogP contribution < -0.4 is 0 Å². The van der Waals surface area contributed by atoms with E-state index in [4.69, 9.17) is 0 Å². The summed E-state index contributed by atoms with van der Waals surface area (Å²) in [6, 6.07) is 7.90. The van der Waals surface area contributed by atoms with Gasteiger partial charge in [-0.1, -0.05) is 30.3 Å². The number of allylic oxidation sites excluding steroid dienone is 1. The van der Waals surface area contributed by atoms with Crippen molar-refractivity contribution in [1.29, 1.82) is 0 Å². The molecule has 5 heteroatoms. The van der Waals surface area contributed by atoms with Crippen LogP contribution in [0.15, 0.2) is 36.4 Å². The van der Waals surface area contributed by atoms with E-state index < -0.39 is 12.1 Å². The summed E-state index contributed by atoms with van der Waals surface area (Å²) in [4.78, 5) is 13.5. The highest BCUT2D eigenvalue weighted by Gasteiger charge is 2.28. The maximum Gasteiger partial charge on any atom is 0.410 e. The van der Waals surface area contributed by atoms with Gasteiger partial charge in [-0.05, 0) is 19.4 Å². The third-order valence-electron chi connectivity index (χ3n) is 2.67. The van der Waals surface area contributed by atoms with E-state index in [0.29, 0.717) is 13.1 Å². The quantitative estimate of drug-likeness (QED) is 0.767. The number of hydrogen-bond donors (Lipinski definition) is 0. The van der Waals surface area contributed by atoms with E-state index in [1.54, 1.807) is 32.0 Å². The molecule has 1 amide bonds. The fourth-order valence-electron chi connectivity index (χ4n) is 1.73. The second-order valence-electron chi connectivity index (χ2n) is 3.94. The van der Waals surface area contributed by atoms with Crippen LogP contribution in [0.25, 0.3) is 5.57 Å². The zero-order chi connectivity index (χ0) is 14.5. The number of carbonyl (C=O) groups is 1. The summed E-state index contributed by atoms with van der Waals surface area (Å²) in [7, 11) is 0. The lowest BCUT2D eigenvalue weighted by Gasteiger charge is -2.21. The zero-order valence-corrected chi connectivity index (χ0v) is 10.9. The van der Waals surface area contributed by atoms with Crippen LogP contribution in [0.1, 0.15) is 19.4 Å². The van der Waals surface area contributed by atoms with Gasteiger partial charge in [0.1, 0.15) is 0 Å². The summed E-state index contributed by atoms with van der Waals surface area (Å²) in [5.74, 6) is -0.603. The number of benzene rings is 1. The van der Waals surface area contributed by atoms with Crippen LogP contribution in [-0.2, 0) is 4.79 Å². The predicted molar refractivity (Wildman–Crippen MR) is 68.4 cm³/mol. The molecule has 2 nitrogen and oxygen atoms in total. The third-order valence-corrected chi connectivity index (χ3v) is 2.67. The highest BCUT2D eigenvalue weighted by atomic mass is 19.4. The van der Waals surface area contributed by atoms with Gasteiger partial charge in [0.2, 0.25) is 0 Å². The molecular weight excluding hydrogens is 255 g/mol. The largest absolute Gasteiger partial charge is 0.410 e. The molecule has 0 spiro atoms. The van der Waals surface area contributed by atoms with E-state index in [0.717, 1.165) is 0 Å². The summed E-state index contributed by atoms with van der Waals surface area (Å²) >= 11 is 0. The Morgan fingerprint density at radius 2 is 1.68 bits per heavy atom. The molecule has 19 heavy (non-hydrogen) atoms. The monoisotopic (exact) mass is 271 g/mol. The minimum atomic E-state index is -4.52. The number of rotatable bonds is 4. The number of amides is 1. The third kappa shape index (κ3) is 4.43. The maximum absolute atomic E-state index is 12.6. The molecular formula is C14H16F3NO. The Balaban J connectivity index is 3.22. The normalized spacial score (nSPS) is 12.4. The molecule has 0 unspecified atom stereocenters. The van der Waals surface area contributed by atoms with Crippen molar-refractivity contribution in [3.05, 3.63) is 42.0 Å². The minimum Gasteiger partial charge on any atom is -0.339 e. The van der Waals surface area contributed by atoms with Gasteiger partial charge in [0.05, 0.1) is 5.57 Å². The minimum absolute atomic E-state index is 0.0724. The summed E-state index contributed by atoms with van der Waals surface area (Å²) < 4.78 is 37.7. The molecule has 0 bridgehead atoms. The molecule has 0 aromatic heterocycles. The van der Waals surface area contributed by atoms with Gasteiger partial charge >= 0.3 is 6.18 Å². The van der Waals surface area contributed by atoms with Crippen molar-refractivity contribution in [3.8, 4) is 0 Å². The molecule has 1 aromatic carbocycles. The lowest BCUT2D eigenvalue weighted by atomic mass is 10.0. The lowest BCUT2D eigenvalue weighted by molar-refractivity contribution is -0.125. The van der Waals surface area contributed by atoms with Crippen LogP contribution in [-0.4, -0.2) is 30.1 Å². The molecule has 0 atom stereocenters. The Morgan fingerprint density at radius 3 is 2.11 bits per heavy atom. The van der Waals surface area contributed by atoms with Gasteiger partial charge in [-0.2, -0.15) is 13.2 Å². The molecule has 0 radical (unpaired) electrons. The molecule has 0 saturated carbocycles. The van der Waals surface area contributed by atoms with Crippen molar-refractivity contribution in [2.45, 2.75) is 20.0 Å². The maximum atomic E-state index is 12.6. The highest BCUT2D eigenvalue weighted by molar-refractivity contribution is 6.19. The van der Waals surface area contributed by atoms with Gasteiger partial charge in [-0.15, -0.1) is 0 Å². The topological polar surface area (TPSA) is 20.3 Å². The Kier molecular flexibility index (Phi) is 5.15. The van der Waals surface area contributed by atoms with Crippen molar-refractivity contribution < 1.29 is 18.0 Å². The first-order valence-corrected chi connectivity index (χ1v) is 6.03. The number of likely N-dealkylation sites (N-methyl/N-ethyl adjacent to an activating group) is 1. The van der Waals surface area contributed by atoms with Crippen LogP contribution in [0, 0.1) is 0 Å². The molecule has 0 fully saturated rings. The zero-order valence-electron chi connectivity index (χ0n) is 10.9. The van der Waals surface area contributed by atoms with E-state index >= 15 is 0 Å². The lowest BCUT2D eigenvalue weighted by Crippen LogP contribution is -2.31. The first-order valence-electron chi connectivity index (χ1n) is 6.03.